The second-order valence-electron chi connectivity index (χ2n) is 8.45. The van der Waals surface area contributed by atoms with E-state index in [0.29, 0.717) is 6.42 Å². The van der Waals surface area contributed by atoms with Crippen LogP contribution in [-0.2, 0) is 25.6 Å². The van der Waals surface area contributed by atoms with Gasteiger partial charge >= 0.3 is 5.97 Å². The van der Waals surface area contributed by atoms with Crippen molar-refractivity contribution in [3.63, 3.8) is 0 Å². The molecule has 33 heavy (non-hydrogen) atoms. The van der Waals surface area contributed by atoms with Crippen molar-refractivity contribution in [3.05, 3.63) is 46.3 Å². The maximum Gasteiger partial charge on any atom is 0.326 e. The summed E-state index contributed by atoms with van der Waals surface area (Å²) in [5.74, 6) is -3.32. The standard InChI is InChI=1S/C22H32N6O5/c1-13(2)10-17(27-28-23)20(30)24-12-18(29)25-16(11-15-8-6-5-7-9-15)21(31)26-19(14(3)4)22(32)33/h5-9,13-14,16-17,19H,10-12H2,1-4H3,(H,24,30)(H,25,29)(H,26,31)(H,32,33)/t16-,17-,19-/m0/s1. The number of hydrogen-bond donors (Lipinski definition) is 4. The molecule has 0 saturated heterocycles. The molecule has 11 heteroatoms. The lowest BCUT2D eigenvalue weighted by Gasteiger charge is -2.23. The molecule has 3 atom stereocenters. The SMILES string of the molecule is CC(C)C[C@H](N=[N+]=[N-])C(=O)NCC(=O)N[C@@H](Cc1ccccc1)C(=O)N[C@H](C(=O)O)C(C)C. The highest BCUT2D eigenvalue weighted by Gasteiger charge is 2.29. The van der Waals surface area contributed by atoms with Crippen LogP contribution in [0.5, 0.6) is 0 Å². The van der Waals surface area contributed by atoms with Crippen molar-refractivity contribution in [3.8, 4) is 0 Å². The molecule has 0 radical (unpaired) electrons. The third-order valence-electron chi connectivity index (χ3n) is 4.78. The van der Waals surface area contributed by atoms with Crippen LogP contribution < -0.4 is 16.0 Å². The molecule has 180 valence electrons. The van der Waals surface area contributed by atoms with Gasteiger partial charge < -0.3 is 21.1 Å². The van der Waals surface area contributed by atoms with Crippen LogP contribution >= 0.6 is 0 Å². The molecule has 0 aliphatic rings. The van der Waals surface area contributed by atoms with E-state index in [9.17, 15) is 24.3 Å². The summed E-state index contributed by atoms with van der Waals surface area (Å²) in [6, 6.07) is 5.81. The number of carboxylic acids is 1. The number of rotatable bonds is 13. The Labute approximate surface area is 192 Å². The zero-order valence-electron chi connectivity index (χ0n) is 19.3. The van der Waals surface area contributed by atoms with E-state index >= 15 is 0 Å². The first-order chi connectivity index (χ1) is 15.5. The van der Waals surface area contributed by atoms with Gasteiger partial charge in [-0.3, -0.25) is 14.4 Å². The number of carboxylic acid groups (broad SMARTS) is 1. The molecule has 0 aromatic heterocycles. The van der Waals surface area contributed by atoms with Crippen molar-refractivity contribution in [2.24, 2.45) is 17.0 Å². The Kier molecular flexibility index (Phi) is 11.4. The van der Waals surface area contributed by atoms with Crippen molar-refractivity contribution in [2.75, 3.05) is 6.54 Å². The van der Waals surface area contributed by atoms with Gasteiger partial charge in [-0.1, -0.05) is 63.1 Å². The predicted molar refractivity (Wildman–Crippen MR) is 122 cm³/mol. The summed E-state index contributed by atoms with van der Waals surface area (Å²) in [4.78, 5) is 51.7. The molecule has 0 aliphatic carbocycles. The summed E-state index contributed by atoms with van der Waals surface area (Å²) in [6.07, 6.45) is 0.452. The van der Waals surface area contributed by atoms with Gasteiger partial charge in [0, 0.05) is 11.3 Å². The summed E-state index contributed by atoms with van der Waals surface area (Å²) < 4.78 is 0. The maximum absolute atomic E-state index is 12.8. The van der Waals surface area contributed by atoms with E-state index in [4.69, 9.17) is 5.53 Å². The quantitative estimate of drug-likeness (QED) is 0.199. The molecule has 1 aromatic carbocycles. The fourth-order valence-electron chi connectivity index (χ4n) is 3.07. The fraction of sp³-hybridized carbons (Fsp3) is 0.545. The van der Waals surface area contributed by atoms with Crippen molar-refractivity contribution in [1.29, 1.82) is 0 Å². The van der Waals surface area contributed by atoms with Gasteiger partial charge in [0.1, 0.15) is 18.1 Å². The molecule has 1 rings (SSSR count). The third kappa shape index (κ3) is 10.0. The summed E-state index contributed by atoms with van der Waals surface area (Å²) in [5, 5.41) is 20.3. The normalized spacial score (nSPS) is 13.4. The van der Waals surface area contributed by atoms with E-state index < -0.39 is 48.4 Å². The van der Waals surface area contributed by atoms with E-state index in [1.54, 1.807) is 38.1 Å². The monoisotopic (exact) mass is 460 g/mol. The molecule has 11 nitrogen and oxygen atoms in total. The van der Waals surface area contributed by atoms with Gasteiger partial charge in [0.05, 0.1) is 6.54 Å². The largest absolute Gasteiger partial charge is 0.480 e. The number of nitrogens with zero attached hydrogens (tertiary/aromatic N) is 3. The molecular weight excluding hydrogens is 428 g/mol. The van der Waals surface area contributed by atoms with Crippen LogP contribution in [0.3, 0.4) is 0 Å². The summed E-state index contributed by atoms with van der Waals surface area (Å²) >= 11 is 0. The number of aliphatic carboxylic acids is 1. The maximum atomic E-state index is 12.8. The lowest BCUT2D eigenvalue weighted by Crippen LogP contribution is -2.55. The summed E-state index contributed by atoms with van der Waals surface area (Å²) in [6.45, 7) is 6.63. The zero-order chi connectivity index (χ0) is 25.0. The van der Waals surface area contributed by atoms with E-state index in [2.05, 4.69) is 26.0 Å². The molecule has 4 N–H and O–H groups in total. The predicted octanol–water partition coefficient (Wildman–Crippen LogP) is 1.78. The van der Waals surface area contributed by atoms with Gasteiger partial charge in [0.15, 0.2) is 0 Å². The van der Waals surface area contributed by atoms with Gasteiger partial charge in [-0.25, -0.2) is 4.79 Å². The summed E-state index contributed by atoms with van der Waals surface area (Å²) in [5.41, 5.74) is 9.42. The number of nitrogens with one attached hydrogen (secondary N) is 3. The first-order valence-electron chi connectivity index (χ1n) is 10.7. The van der Waals surface area contributed by atoms with Crippen molar-refractivity contribution in [1.82, 2.24) is 16.0 Å². The number of benzene rings is 1. The molecule has 0 aliphatic heterocycles. The van der Waals surface area contributed by atoms with E-state index in [1.807, 2.05) is 19.9 Å². The molecule has 1 aromatic rings. The Morgan fingerprint density at radius 2 is 1.67 bits per heavy atom. The zero-order valence-corrected chi connectivity index (χ0v) is 19.3. The molecular formula is C22H32N6O5. The topological polar surface area (TPSA) is 173 Å². The Balaban J connectivity index is 2.88. The van der Waals surface area contributed by atoms with Gasteiger partial charge in [0.2, 0.25) is 17.7 Å². The van der Waals surface area contributed by atoms with E-state index in [0.717, 1.165) is 5.56 Å². The average Bonchev–Trinajstić information content (AvgIpc) is 2.74. The molecule has 0 unspecified atom stereocenters. The Morgan fingerprint density at radius 1 is 1.03 bits per heavy atom. The van der Waals surface area contributed by atoms with Crippen LogP contribution in [0.1, 0.15) is 39.7 Å². The second-order valence-corrected chi connectivity index (χ2v) is 8.45. The first kappa shape index (κ1) is 27.4. The number of carbonyl (C=O) groups excluding carboxylic acids is 3. The lowest BCUT2D eigenvalue weighted by atomic mass is 10.0. The van der Waals surface area contributed by atoms with Crippen LogP contribution in [0, 0.1) is 11.8 Å². The molecule has 0 bridgehead atoms. The number of azide groups is 1. The molecule has 3 amide bonds. The average molecular weight is 461 g/mol. The number of carbonyl (C=O) groups is 4. The second kappa shape index (κ2) is 13.7. The highest BCUT2D eigenvalue weighted by atomic mass is 16.4. The molecule has 0 saturated carbocycles. The Morgan fingerprint density at radius 3 is 2.18 bits per heavy atom. The van der Waals surface area contributed by atoms with Crippen LogP contribution in [0.2, 0.25) is 0 Å². The number of hydrogen-bond acceptors (Lipinski definition) is 5. The van der Waals surface area contributed by atoms with Crippen LogP contribution in [-0.4, -0.2) is 53.5 Å². The summed E-state index contributed by atoms with van der Waals surface area (Å²) in [7, 11) is 0. The van der Waals surface area contributed by atoms with E-state index in [-0.39, 0.29) is 18.3 Å². The third-order valence-corrected chi connectivity index (χ3v) is 4.78. The highest BCUT2D eigenvalue weighted by Crippen LogP contribution is 2.09. The van der Waals surface area contributed by atoms with Crippen LogP contribution in [0.25, 0.3) is 10.4 Å². The van der Waals surface area contributed by atoms with Crippen molar-refractivity contribution in [2.45, 2.75) is 58.7 Å². The van der Waals surface area contributed by atoms with Gasteiger partial charge in [-0.15, -0.1) is 0 Å². The number of amides is 3. The minimum absolute atomic E-state index is 0.0992. The van der Waals surface area contributed by atoms with E-state index in [1.165, 1.54) is 0 Å². The fourth-order valence-corrected chi connectivity index (χ4v) is 3.07. The van der Waals surface area contributed by atoms with Crippen molar-refractivity contribution >= 4 is 23.7 Å². The van der Waals surface area contributed by atoms with Crippen LogP contribution in [0.15, 0.2) is 35.4 Å². The van der Waals surface area contributed by atoms with Crippen LogP contribution in [0.4, 0.5) is 0 Å². The first-order valence-corrected chi connectivity index (χ1v) is 10.7. The lowest BCUT2D eigenvalue weighted by molar-refractivity contribution is -0.143. The Bertz CT molecular complexity index is 867. The molecule has 0 fully saturated rings. The molecule has 0 spiro atoms. The minimum atomic E-state index is -1.18. The van der Waals surface area contributed by atoms with Gasteiger partial charge in [-0.05, 0) is 29.4 Å². The van der Waals surface area contributed by atoms with Gasteiger partial charge in [0.25, 0.3) is 0 Å². The molecule has 0 heterocycles. The minimum Gasteiger partial charge on any atom is -0.480 e. The Hall–Kier alpha value is -3.59. The highest BCUT2D eigenvalue weighted by molar-refractivity contribution is 5.92. The van der Waals surface area contributed by atoms with Gasteiger partial charge in [-0.2, -0.15) is 0 Å². The smallest absolute Gasteiger partial charge is 0.326 e. The van der Waals surface area contributed by atoms with Crippen molar-refractivity contribution < 1.29 is 24.3 Å².